The Kier molecular flexibility index (Phi) is 3.33. The van der Waals surface area contributed by atoms with E-state index in [1.807, 2.05) is 11.0 Å². The molecule has 18 heavy (non-hydrogen) atoms. The van der Waals surface area contributed by atoms with E-state index in [1.54, 1.807) is 0 Å². The molecule has 3 nitrogen and oxygen atoms in total. The Labute approximate surface area is 108 Å². The van der Waals surface area contributed by atoms with Crippen molar-refractivity contribution in [1.29, 1.82) is 0 Å². The minimum absolute atomic E-state index is 0.0829. The molecule has 0 aliphatic carbocycles. The van der Waals surface area contributed by atoms with Gasteiger partial charge in [0.05, 0.1) is 6.04 Å². The Balaban J connectivity index is 1.63. The molecule has 2 saturated heterocycles. The van der Waals surface area contributed by atoms with E-state index in [-0.39, 0.29) is 6.04 Å². The fraction of sp³-hybridized carbons (Fsp3) is 0.533. The van der Waals surface area contributed by atoms with Crippen LogP contribution < -0.4 is 5.32 Å². The summed E-state index contributed by atoms with van der Waals surface area (Å²) in [6, 6.07) is 10.6. The number of hydrogen-bond donors (Lipinski definition) is 1. The van der Waals surface area contributed by atoms with Crippen LogP contribution in [0.2, 0.25) is 0 Å². The second-order valence-electron chi connectivity index (χ2n) is 5.33. The van der Waals surface area contributed by atoms with Gasteiger partial charge in [-0.1, -0.05) is 30.3 Å². The quantitative estimate of drug-likeness (QED) is 0.859. The highest BCUT2D eigenvalue weighted by Crippen LogP contribution is 2.27. The number of rotatable bonds is 2. The summed E-state index contributed by atoms with van der Waals surface area (Å²) in [5.74, 6) is 0.836. The fourth-order valence-corrected chi connectivity index (χ4v) is 3.07. The number of nitrogens with one attached hydrogen (secondary N) is 1. The molecule has 2 aliphatic heterocycles. The minimum Gasteiger partial charge on any atom is -0.341 e. The molecule has 0 spiro atoms. The molecule has 1 aromatic rings. The van der Waals surface area contributed by atoms with Gasteiger partial charge in [0.1, 0.15) is 0 Å². The molecule has 2 fully saturated rings. The zero-order chi connectivity index (χ0) is 12.4. The van der Waals surface area contributed by atoms with Crippen LogP contribution in [0.15, 0.2) is 30.3 Å². The van der Waals surface area contributed by atoms with Gasteiger partial charge in [0.25, 0.3) is 0 Å². The number of likely N-dealkylation sites (tertiary alicyclic amines) is 1. The van der Waals surface area contributed by atoms with Gasteiger partial charge in [-0.2, -0.15) is 0 Å². The smallest absolute Gasteiger partial charge is 0.239 e. The molecule has 0 aromatic heterocycles. The molecule has 0 unspecified atom stereocenters. The number of carbonyl (C=O) groups excluding carboxylic acids is 1. The van der Waals surface area contributed by atoms with Gasteiger partial charge in [0.2, 0.25) is 5.91 Å². The van der Waals surface area contributed by atoms with Crippen LogP contribution in [0, 0.1) is 0 Å². The first-order chi connectivity index (χ1) is 8.84. The molecule has 0 radical (unpaired) electrons. The number of nitrogens with zero attached hydrogens (tertiary/aromatic N) is 1. The topological polar surface area (TPSA) is 32.3 Å². The molecule has 1 N–H and O–H groups in total. The van der Waals surface area contributed by atoms with Crippen molar-refractivity contribution in [3.05, 3.63) is 35.9 Å². The van der Waals surface area contributed by atoms with E-state index in [4.69, 9.17) is 0 Å². The molecule has 2 heterocycles. The molecule has 0 saturated carbocycles. The highest BCUT2D eigenvalue weighted by Gasteiger charge is 2.32. The normalized spacial score (nSPS) is 27.7. The third-order valence-corrected chi connectivity index (χ3v) is 4.13. The van der Waals surface area contributed by atoms with E-state index < -0.39 is 0 Å². The van der Waals surface area contributed by atoms with Crippen molar-refractivity contribution in [2.24, 2.45) is 0 Å². The first kappa shape index (κ1) is 11.7. The van der Waals surface area contributed by atoms with Gasteiger partial charge in [0, 0.05) is 19.0 Å². The van der Waals surface area contributed by atoms with Gasteiger partial charge >= 0.3 is 0 Å². The predicted octanol–water partition coefficient (Wildman–Crippen LogP) is 1.75. The molecule has 1 aromatic carbocycles. The molecular formula is C15H20N2O. The summed E-state index contributed by atoms with van der Waals surface area (Å²) in [6.45, 7) is 2.80. The highest BCUT2D eigenvalue weighted by molar-refractivity contribution is 5.82. The number of hydrogen-bond acceptors (Lipinski definition) is 2. The zero-order valence-electron chi connectivity index (χ0n) is 10.6. The number of amides is 1. The van der Waals surface area contributed by atoms with Gasteiger partial charge in [0.15, 0.2) is 0 Å². The van der Waals surface area contributed by atoms with Gasteiger partial charge in [-0.15, -0.1) is 0 Å². The third kappa shape index (κ3) is 2.27. The van der Waals surface area contributed by atoms with Crippen molar-refractivity contribution in [3.63, 3.8) is 0 Å². The average Bonchev–Trinajstić information content (AvgIpc) is 3.10. The fourth-order valence-electron chi connectivity index (χ4n) is 3.07. The Hall–Kier alpha value is -1.35. The summed E-state index contributed by atoms with van der Waals surface area (Å²) >= 11 is 0. The second kappa shape index (κ2) is 5.11. The van der Waals surface area contributed by atoms with Crippen molar-refractivity contribution < 1.29 is 4.79 Å². The third-order valence-electron chi connectivity index (χ3n) is 4.13. The van der Waals surface area contributed by atoms with Crippen LogP contribution >= 0.6 is 0 Å². The van der Waals surface area contributed by atoms with Crippen molar-refractivity contribution in [2.45, 2.75) is 31.2 Å². The summed E-state index contributed by atoms with van der Waals surface area (Å²) in [6.07, 6.45) is 3.24. The summed E-state index contributed by atoms with van der Waals surface area (Å²) in [7, 11) is 0. The monoisotopic (exact) mass is 244 g/mol. The molecule has 1 amide bonds. The Morgan fingerprint density at radius 2 is 2.06 bits per heavy atom. The molecule has 2 aliphatic rings. The zero-order valence-corrected chi connectivity index (χ0v) is 10.6. The lowest BCUT2D eigenvalue weighted by atomic mass is 9.99. The predicted molar refractivity (Wildman–Crippen MR) is 71.4 cm³/mol. The largest absolute Gasteiger partial charge is 0.341 e. The maximum absolute atomic E-state index is 12.3. The molecule has 0 bridgehead atoms. The van der Waals surface area contributed by atoms with E-state index in [1.165, 1.54) is 5.56 Å². The van der Waals surface area contributed by atoms with Crippen molar-refractivity contribution in [1.82, 2.24) is 10.2 Å². The molecule has 96 valence electrons. The number of carbonyl (C=O) groups is 1. The Bertz CT molecular complexity index is 412. The number of benzene rings is 1. The summed E-state index contributed by atoms with van der Waals surface area (Å²) in [4.78, 5) is 14.3. The summed E-state index contributed by atoms with van der Waals surface area (Å²) in [5.41, 5.74) is 1.37. The van der Waals surface area contributed by atoms with E-state index in [2.05, 4.69) is 29.6 Å². The Morgan fingerprint density at radius 3 is 2.78 bits per heavy atom. The van der Waals surface area contributed by atoms with Gasteiger partial charge < -0.3 is 10.2 Å². The molecule has 2 atom stereocenters. The van der Waals surface area contributed by atoms with Crippen LogP contribution in [-0.2, 0) is 4.79 Å². The van der Waals surface area contributed by atoms with Crippen LogP contribution in [0.25, 0.3) is 0 Å². The standard InChI is InChI=1S/C15H20N2O/c18-15(14-7-4-9-16-14)17-10-8-13(11-17)12-5-2-1-3-6-12/h1-3,5-6,13-14,16H,4,7-11H2/t13-,14+/m1/s1. The summed E-state index contributed by atoms with van der Waals surface area (Å²) < 4.78 is 0. The van der Waals surface area contributed by atoms with E-state index in [0.717, 1.165) is 38.9 Å². The van der Waals surface area contributed by atoms with Gasteiger partial charge in [-0.25, -0.2) is 0 Å². The molecular weight excluding hydrogens is 224 g/mol. The average molecular weight is 244 g/mol. The van der Waals surface area contributed by atoms with E-state index in [0.29, 0.717) is 11.8 Å². The molecule has 3 heteroatoms. The molecule has 3 rings (SSSR count). The minimum atomic E-state index is 0.0829. The highest BCUT2D eigenvalue weighted by atomic mass is 16.2. The van der Waals surface area contributed by atoms with Gasteiger partial charge in [-0.05, 0) is 31.4 Å². The van der Waals surface area contributed by atoms with Crippen LogP contribution in [-0.4, -0.2) is 36.5 Å². The van der Waals surface area contributed by atoms with Crippen LogP contribution in [0.1, 0.15) is 30.7 Å². The summed E-state index contributed by atoms with van der Waals surface area (Å²) in [5, 5.41) is 3.30. The Morgan fingerprint density at radius 1 is 1.22 bits per heavy atom. The van der Waals surface area contributed by atoms with Crippen molar-refractivity contribution in [3.8, 4) is 0 Å². The first-order valence-electron chi connectivity index (χ1n) is 6.92. The van der Waals surface area contributed by atoms with Crippen LogP contribution in [0.4, 0.5) is 0 Å². The van der Waals surface area contributed by atoms with Crippen molar-refractivity contribution >= 4 is 5.91 Å². The first-order valence-corrected chi connectivity index (χ1v) is 6.92. The van der Waals surface area contributed by atoms with E-state index in [9.17, 15) is 4.79 Å². The van der Waals surface area contributed by atoms with E-state index >= 15 is 0 Å². The maximum Gasteiger partial charge on any atom is 0.239 e. The van der Waals surface area contributed by atoms with Gasteiger partial charge in [-0.3, -0.25) is 4.79 Å². The van der Waals surface area contributed by atoms with Crippen LogP contribution in [0.5, 0.6) is 0 Å². The SMILES string of the molecule is O=C([C@@H]1CCCN1)N1CC[C@@H](c2ccccc2)C1. The second-order valence-corrected chi connectivity index (χ2v) is 5.33. The van der Waals surface area contributed by atoms with Crippen molar-refractivity contribution in [2.75, 3.05) is 19.6 Å². The lowest BCUT2D eigenvalue weighted by Crippen LogP contribution is -2.42. The van der Waals surface area contributed by atoms with Crippen LogP contribution in [0.3, 0.4) is 0 Å². The lowest BCUT2D eigenvalue weighted by molar-refractivity contribution is -0.132. The maximum atomic E-state index is 12.3. The lowest BCUT2D eigenvalue weighted by Gasteiger charge is -2.20.